The van der Waals surface area contributed by atoms with E-state index in [9.17, 15) is 5.11 Å². The highest BCUT2D eigenvalue weighted by Gasteiger charge is 2.20. The molecule has 0 bridgehead atoms. The summed E-state index contributed by atoms with van der Waals surface area (Å²) < 4.78 is 6.04. The van der Waals surface area contributed by atoms with Crippen molar-refractivity contribution in [1.29, 1.82) is 0 Å². The van der Waals surface area contributed by atoms with E-state index in [2.05, 4.69) is 6.92 Å². The normalized spacial score (nSPS) is 26.5. The first-order chi connectivity index (χ1) is 8.16. The van der Waals surface area contributed by atoms with E-state index in [0.29, 0.717) is 6.10 Å². The molecule has 0 aromatic heterocycles. The Morgan fingerprint density at radius 3 is 2.47 bits per heavy atom. The molecule has 1 aliphatic carbocycles. The Morgan fingerprint density at radius 1 is 1.18 bits per heavy atom. The Balaban J connectivity index is 2.03. The average Bonchev–Trinajstić information content (AvgIpc) is 2.32. The van der Waals surface area contributed by atoms with Gasteiger partial charge < -0.3 is 9.84 Å². The lowest BCUT2D eigenvalue weighted by atomic mass is 9.89. The number of benzene rings is 1. The highest BCUT2D eigenvalue weighted by atomic mass is 16.5. The third-order valence-corrected chi connectivity index (χ3v) is 3.63. The predicted molar refractivity (Wildman–Crippen MR) is 69.1 cm³/mol. The molecule has 1 saturated carbocycles. The van der Waals surface area contributed by atoms with Crippen LogP contribution >= 0.6 is 0 Å². The van der Waals surface area contributed by atoms with Gasteiger partial charge in [-0.2, -0.15) is 0 Å². The van der Waals surface area contributed by atoms with Crippen molar-refractivity contribution in [3.63, 3.8) is 0 Å². The van der Waals surface area contributed by atoms with Gasteiger partial charge in [-0.05, 0) is 44.6 Å². The Labute approximate surface area is 104 Å². The quantitative estimate of drug-likeness (QED) is 0.864. The van der Waals surface area contributed by atoms with Crippen molar-refractivity contribution >= 4 is 0 Å². The van der Waals surface area contributed by atoms with Gasteiger partial charge in [0, 0.05) is 5.56 Å². The maximum atomic E-state index is 9.70. The van der Waals surface area contributed by atoms with E-state index in [1.807, 2.05) is 24.3 Å². The first-order valence-corrected chi connectivity index (χ1v) is 6.60. The topological polar surface area (TPSA) is 29.5 Å². The summed E-state index contributed by atoms with van der Waals surface area (Å²) in [5.41, 5.74) is 0.895. The van der Waals surface area contributed by atoms with Crippen LogP contribution in [0.25, 0.3) is 0 Å². The molecule has 0 radical (unpaired) electrons. The number of rotatable bonds is 3. The Bertz CT molecular complexity index is 352. The van der Waals surface area contributed by atoms with Crippen LogP contribution in [0.4, 0.5) is 0 Å². The number of hydrogen-bond acceptors (Lipinski definition) is 2. The van der Waals surface area contributed by atoms with E-state index in [0.717, 1.165) is 30.1 Å². The standard InChI is InChI=1S/C15H22O2/c1-11-7-9-13(10-8-11)17-15-6-4-3-5-14(15)12(2)16/h3-6,11-13,16H,7-10H2,1-2H3/t11?,12-,13?/m0/s1. The van der Waals surface area contributed by atoms with Crippen LogP contribution in [0.3, 0.4) is 0 Å². The summed E-state index contributed by atoms with van der Waals surface area (Å²) in [6, 6.07) is 7.80. The molecule has 1 N–H and O–H groups in total. The lowest BCUT2D eigenvalue weighted by molar-refractivity contribution is 0.126. The summed E-state index contributed by atoms with van der Waals surface area (Å²) in [6.07, 6.45) is 4.63. The number of aliphatic hydroxyl groups excluding tert-OH is 1. The molecular weight excluding hydrogens is 212 g/mol. The van der Waals surface area contributed by atoms with Crippen LogP contribution in [0.5, 0.6) is 5.75 Å². The van der Waals surface area contributed by atoms with Crippen LogP contribution in [0.1, 0.15) is 51.2 Å². The van der Waals surface area contributed by atoms with E-state index in [1.165, 1.54) is 12.8 Å². The smallest absolute Gasteiger partial charge is 0.125 e. The second-order valence-electron chi connectivity index (χ2n) is 5.21. The molecule has 0 saturated heterocycles. The van der Waals surface area contributed by atoms with Crippen molar-refractivity contribution in [1.82, 2.24) is 0 Å². The first-order valence-electron chi connectivity index (χ1n) is 6.60. The molecule has 94 valence electrons. The monoisotopic (exact) mass is 234 g/mol. The van der Waals surface area contributed by atoms with Gasteiger partial charge in [0.1, 0.15) is 5.75 Å². The molecule has 2 nitrogen and oxygen atoms in total. The molecule has 1 aromatic carbocycles. The molecule has 2 heteroatoms. The molecule has 0 spiro atoms. The van der Waals surface area contributed by atoms with Gasteiger partial charge in [0.2, 0.25) is 0 Å². The fraction of sp³-hybridized carbons (Fsp3) is 0.600. The maximum Gasteiger partial charge on any atom is 0.125 e. The molecule has 2 rings (SSSR count). The lowest BCUT2D eigenvalue weighted by Crippen LogP contribution is -2.23. The molecule has 1 aliphatic rings. The number of ether oxygens (including phenoxy) is 1. The van der Waals surface area contributed by atoms with Crippen molar-refractivity contribution in [3.05, 3.63) is 29.8 Å². The highest BCUT2D eigenvalue weighted by Crippen LogP contribution is 2.30. The van der Waals surface area contributed by atoms with Gasteiger partial charge in [-0.15, -0.1) is 0 Å². The van der Waals surface area contributed by atoms with E-state index in [4.69, 9.17) is 4.74 Å². The van der Waals surface area contributed by atoms with Crippen LogP contribution in [0.2, 0.25) is 0 Å². The van der Waals surface area contributed by atoms with Crippen molar-refractivity contribution in [2.45, 2.75) is 51.7 Å². The Morgan fingerprint density at radius 2 is 1.82 bits per heavy atom. The van der Waals surface area contributed by atoms with Crippen molar-refractivity contribution in [2.75, 3.05) is 0 Å². The SMILES string of the molecule is CC1CCC(Oc2ccccc2[C@H](C)O)CC1. The Hall–Kier alpha value is -1.02. The summed E-state index contributed by atoms with van der Waals surface area (Å²) in [7, 11) is 0. The third-order valence-electron chi connectivity index (χ3n) is 3.63. The molecule has 1 atom stereocenters. The largest absolute Gasteiger partial charge is 0.490 e. The number of para-hydroxylation sites is 1. The first kappa shape index (κ1) is 12.4. The lowest BCUT2D eigenvalue weighted by Gasteiger charge is -2.28. The molecule has 17 heavy (non-hydrogen) atoms. The minimum Gasteiger partial charge on any atom is -0.490 e. The van der Waals surface area contributed by atoms with Crippen molar-refractivity contribution in [2.24, 2.45) is 5.92 Å². The molecule has 0 aliphatic heterocycles. The summed E-state index contributed by atoms with van der Waals surface area (Å²) in [5, 5.41) is 9.70. The van der Waals surface area contributed by atoms with Crippen LogP contribution in [-0.2, 0) is 0 Å². The van der Waals surface area contributed by atoms with Crippen LogP contribution in [0, 0.1) is 5.92 Å². The van der Waals surface area contributed by atoms with Gasteiger partial charge in [-0.25, -0.2) is 0 Å². The van der Waals surface area contributed by atoms with Gasteiger partial charge in [0.05, 0.1) is 12.2 Å². The van der Waals surface area contributed by atoms with Gasteiger partial charge >= 0.3 is 0 Å². The van der Waals surface area contributed by atoms with Gasteiger partial charge in [0.15, 0.2) is 0 Å². The maximum absolute atomic E-state index is 9.70. The van der Waals surface area contributed by atoms with E-state index in [1.54, 1.807) is 6.92 Å². The molecule has 0 unspecified atom stereocenters. The van der Waals surface area contributed by atoms with Crippen molar-refractivity contribution < 1.29 is 9.84 Å². The minimum atomic E-state index is -0.464. The summed E-state index contributed by atoms with van der Waals surface area (Å²) in [5.74, 6) is 1.68. The Kier molecular flexibility index (Phi) is 4.06. The van der Waals surface area contributed by atoms with Crippen LogP contribution < -0.4 is 4.74 Å². The van der Waals surface area contributed by atoms with E-state index >= 15 is 0 Å². The summed E-state index contributed by atoms with van der Waals surface area (Å²) >= 11 is 0. The zero-order valence-electron chi connectivity index (χ0n) is 10.7. The third kappa shape index (κ3) is 3.22. The van der Waals surface area contributed by atoms with E-state index in [-0.39, 0.29) is 0 Å². The second-order valence-corrected chi connectivity index (χ2v) is 5.21. The molecular formula is C15H22O2. The predicted octanol–water partition coefficient (Wildman–Crippen LogP) is 3.70. The summed E-state index contributed by atoms with van der Waals surface area (Å²) in [6.45, 7) is 4.09. The van der Waals surface area contributed by atoms with Gasteiger partial charge in [-0.1, -0.05) is 25.1 Å². The minimum absolute atomic E-state index is 0.325. The van der Waals surface area contributed by atoms with E-state index < -0.39 is 6.10 Å². The fourth-order valence-electron chi connectivity index (χ4n) is 2.46. The average molecular weight is 234 g/mol. The van der Waals surface area contributed by atoms with Gasteiger partial charge in [0.25, 0.3) is 0 Å². The van der Waals surface area contributed by atoms with Crippen molar-refractivity contribution in [3.8, 4) is 5.75 Å². The second kappa shape index (κ2) is 5.54. The van der Waals surface area contributed by atoms with Gasteiger partial charge in [-0.3, -0.25) is 0 Å². The zero-order valence-corrected chi connectivity index (χ0v) is 10.7. The molecule has 1 fully saturated rings. The fourth-order valence-corrected chi connectivity index (χ4v) is 2.46. The van der Waals surface area contributed by atoms with Crippen LogP contribution in [-0.4, -0.2) is 11.2 Å². The highest BCUT2D eigenvalue weighted by molar-refractivity contribution is 5.34. The number of hydrogen-bond donors (Lipinski definition) is 1. The number of aliphatic hydroxyl groups is 1. The summed E-state index contributed by atoms with van der Waals surface area (Å²) in [4.78, 5) is 0. The molecule has 1 aromatic rings. The van der Waals surface area contributed by atoms with Crippen LogP contribution in [0.15, 0.2) is 24.3 Å². The molecule has 0 amide bonds. The molecule has 0 heterocycles. The zero-order chi connectivity index (χ0) is 12.3.